The zero-order valence-electron chi connectivity index (χ0n) is 13.0. The molecule has 0 aliphatic heterocycles. The van der Waals surface area contributed by atoms with Crippen molar-refractivity contribution in [1.29, 1.82) is 0 Å². The Morgan fingerprint density at radius 3 is 2.53 bits per heavy atom. The second-order valence-corrected chi connectivity index (χ2v) is 5.40. The molecule has 110 valence electrons. The average Bonchev–Trinajstić information content (AvgIpc) is 2.86. The van der Waals surface area contributed by atoms with Crippen molar-refractivity contribution in [1.82, 2.24) is 9.78 Å². The zero-order chi connectivity index (χ0) is 14.3. The van der Waals surface area contributed by atoms with Crippen molar-refractivity contribution < 1.29 is 5.11 Å². The van der Waals surface area contributed by atoms with Crippen LogP contribution in [0.4, 0.5) is 0 Å². The van der Waals surface area contributed by atoms with Gasteiger partial charge in [-0.3, -0.25) is 4.68 Å². The molecule has 0 saturated heterocycles. The van der Waals surface area contributed by atoms with Crippen LogP contribution in [0.3, 0.4) is 0 Å². The van der Waals surface area contributed by atoms with E-state index in [4.69, 9.17) is 0 Å². The lowest BCUT2D eigenvalue weighted by atomic mass is 9.92. The van der Waals surface area contributed by atoms with Crippen molar-refractivity contribution in [3.05, 3.63) is 17.5 Å². The molecule has 0 amide bonds. The number of hydrogen-bond donors (Lipinski definition) is 1. The van der Waals surface area contributed by atoms with Gasteiger partial charge >= 0.3 is 0 Å². The van der Waals surface area contributed by atoms with E-state index in [2.05, 4.69) is 38.9 Å². The van der Waals surface area contributed by atoms with E-state index in [1.807, 2.05) is 4.68 Å². The maximum atomic E-state index is 10.5. The summed E-state index contributed by atoms with van der Waals surface area (Å²) in [4.78, 5) is 0. The minimum Gasteiger partial charge on any atom is -0.387 e. The van der Waals surface area contributed by atoms with E-state index >= 15 is 0 Å². The molecule has 0 radical (unpaired) electrons. The van der Waals surface area contributed by atoms with Gasteiger partial charge in [-0.15, -0.1) is 0 Å². The summed E-state index contributed by atoms with van der Waals surface area (Å²) < 4.78 is 1.95. The van der Waals surface area contributed by atoms with Crippen molar-refractivity contribution in [2.24, 2.45) is 5.92 Å². The van der Waals surface area contributed by atoms with Crippen LogP contribution in [0, 0.1) is 5.92 Å². The largest absolute Gasteiger partial charge is 0.387 e. The standard InChI is InChI=1S/C16H30N2O/c1-5-9-10-13(6-2)11-16(19)15-12-14(7-3)17-18(15)8-4/h12-13,16,19H,5-11H2,1-4H3. The first-order chi connectivity index (χ1) is 9.15. The van der Waals surface area contributed by atoms with Gasteiger partial charge < -0.3 is 5.11 Å². The summed E-state index contributed by atoms with van der Waals surface area (Å²) in [5.74, 6) is 0.625. The maximum Gasteiger partial charge on any atom is 0.0959 e. The first-order valence-corrected chi connectivity index (χ1v) is 7.90. The highest BCUT2D eigenvalue weighted by Crippen LogP contribution is 2.27. The van der Waals surface area contributed by atoms with Gasteiger partial charge in [0.15, 0.2) is 0 Å². The van der Waals surface area contributed by atoms with Crippen molar-refractivity contribution in [3.63, 3.8) is 0 Å². The van der Waals surface area contributed by atoms with Crippen molar-refractivity contribution in [2.45, 2.75) is 78.9 Å². The molecule has 1 aromatic rings. The van der Waals surface area contributed by atoms with E-state index in [-0.39, 0.29) is 6.10 Å². The van der Waals surface area contributed by atoms with Crippen LogP contribution < -0.4 is 0 Å². The third kappa shape index (κ3) is 4.64. The minimum absolute atomic E-state index is 0.366. The Bertz CT molecular complexity index is 360. The Morgan fingerprint density at radius 1 is 1.26 bits per heavy atom. The second-order valence-electron chi connectivity index (χ2n) is 5.40. The molecular weight excluding hydrogens is 236 g/mol. The SMILES string of the molecule is CCCCC(CC)CC(O)c1cc(CC)nn1CC. The molecule has 1 N–H and O–H groups in total. The van der Waals surface area contributed by atoms with Crippen LogP contribution in [-0.4, -0.2) is 14.9 Å². The third-order valence-corrected chi connectivity index (χ3v) is 3.96. The lowest BCUT2D eigenvalue weighted by molar-refractivity contribution is 0.129. The average molecular weight is 266 g/mol. The Labute approximate surface area is 118 Å². The number of aromatic nitrogens is 2. The van der Waals surface area contributed by atoms with Gasteiger partial charge in [0.1, 0.15) is 0 Å². The van der Waals surface area contributed by atoms with Gasteiger partial charge in [0.25, 0.3) is 0 Å². The molecule has 2 atom stereocenters. The molecule has 0 saturated carbocycles. The molecule has 1 rings (SSSR count). The second kappa shape index (κ2) is 8.36. The van der Waals surface area contributed by atoms with E-state index < -0.39 is 0 Å². The number of hydrogen-bond acceptors (Lipinski definition) is 2. The third-order valence-electron chi connectivity index (χ3n) is 3.96. The molecule has 0 bridgehead atoms. The summed E-state index contributed by atoms with van der Waals surface area (Å²) in [7, 11) is 0. The normalized spacial score (nSPS) is 14.6. The molecule has 0 fully saturated rings. The number of rotatable bonds is 9. The number of aryl methyl sites for hydroxylation is 2. The van der Waals surface area contributed by atoms with Crippen LogP contribution >= 0.6 is 0 Å². The molecule has 2 unspecified atom stereocenters. The lowest BCUT2D eigenvalue weighted by Crippen LogP contribution is -2.12. The smallest absolute Gasteiger partial charge is 0.0959 e. The predicted octanol–water partition coefficient (Wildman–Crippen LogP) is 4.11. The molecule has 3 nitrogen and oxygen atoms in total. The van der Waals surface area contributed by atoms with Gasteiger partial charge in [-0.1, -0.05) is 46.5 Å². The maximum absolute atomic E-state index is 10.5. The molecule has 0 aliphatic rings. The fourth-order valence-corrected chi connectivity index (χ4v) is 2.60. The Balaban J connectivity index is 2.69. The van der Waals surface area contributed by atoms with Crippen LogP contribution in [0.25, 0.3) is 0 Å². The molecule has 0 aromatic carbocycles. The predicted molar refractivity (Wildman–Crippen MR) is 80.2 cm³/mol. The monoisotopic (exact) mass is 266 g/mol. The molecule has 0 aliphatic carbocycles. The van der Waals surface area contributed by atoms with E-state index in [0.29, 0.717) is 5.92 Å². The highest BCUT2D eigenvalue weighted by molar-refractivity contribution is 5.13. The fourth-order valence-electron chi connectivity index (χ4n) is 2.60. The van der Waals surface area contributed by atoms with E-state index in [9.17, 15) is 5.11 Å². The van der Waals surface area contributed by atoms with Crippen molar-refractivity contribution >= 4 is 0 Å². The van der Waals surface area contributed by atoms with Gasteiger partial charge in [-0.25, -0.2) is 0 Å². The van der Waals surface area contributed by atoms with Gasteiger partial charge in [0.05, 0.1) is 17.5 Å². The fraction of sp³-hybridized carbons (Fsp3) is 0.812. The van der Waals surface area contributed by atoms with Crippen molar-refractivity contribution in [3.8, 4) is 0 Å². The van der Waals surface area contributed by atoms with Gasteiger partial charge in [0, 0.05) is 6.54 Å². The first-order valence-electron chi connectivity index (χ1n) is 7.90. The van der Waals surface area contributed by atoms with Crippen LogP contribution in [0.15, 0.2) is 6.07 Å². The first kappa shape index (κ1) is 16.2. The summed E-state index contributed by atoms with van der Waals surface area (Å²) >= 11 is 0. The van der Waals surface area contributed by atoms with Crippen LogP contribution in [0.1, 0.15) is 77.3 Å². The Kier molecular flexibility index (Phi) is 7.14. The summed E-state index contributed by atoms with van der Waals surface area (Å²) in [6.07, 6.45) is 6.31. The quantitative estimate of drug-likeness (QED) is 0.730. The van der Waals surface area contributed by atoms with Gasteiger partial charge in [0.2, 0.25) is 0 Å². The highest BCUT2D eigenvalue weighted by atomic mass is 16.3. The number of unbranched alkanes of at least 4 members (excludes halogenated alkanes) is 1. The molecule has 1 aromatic heterocycles. The summed E-state index contributed by atoms with van der Waals surface area (Å²) in [6, 6.07) is 2.07. The number of nitrogens with zero attached hydrogens (tertiary/aromatic N) is 2. The van der Waals surface area contributed by atoms with E-state index in [1.54, 1.807) is 0 Å². The van der Waals surface area contributed by atoms with E-state index in [1.165, 1.54) is 19.3 Å². The topological polar surface area (TPSA) is 38.1 Å². The number of aliphatic hydroxyl groups is 1. The molecule has 19 heavy (non-hydrogen) atoms. The summed E-state index contributed by atoms with van der Waals surface area (Å²) in [5.41, 5.74) is 2.08. The highest BCUT2D eigenvalue weighted by Gasteiger charge is 2.18. The minimum atomic E-state index is -0.366. The van der Waals surface area contributed by atoms with Crippen LogP contribution in [0.5, 0.6) is 0 Å². The Hall–Kier alpha value is -0.830. The molecule has 0 spiro atoms. The molecular formula is C16H30N2O. The number of aliphatic hydroxyl groups excluding tert-OH is 1. The van der Waals surface area contributed by atoms with Crippen LogP contribution in [0.2, 0.25) is 0 Å². The van der Waals surface area contributed by atoms with Crippen molar-refractivity contribution in [2.75, 3.05) is 0 Å². The van der Waals surface area contributed by atoms with E-state index in [0.717, 1.165) is 37.2 Å². The lowest BCUT2D eigenvalue weighted by Gasteiger charge is -2.19. The van der Waals surface area contributed by atoms with Crippen LogP contribution in [-0.2, 0) is 13.0 Å². The van der Waals surface area contributed by atoms with Gasteiger partial charge in [-0.05, 0) is 31.7 Å². The zero-order valence-corrected chi connectivity index (χ0v) is 13.0. The molecule has 3 heteroatoms. The Morgan fingerprint density at radius 2 is 2.00 bits per heavy atom. The van der Waals surface area contributed by atoms with Gasteiger partial charge in [-0.2, -0.15) is 5.10 Å². The summed E-state index contributed by atoms with van der Waals surface area (Å²) in [6.45, 7) is 9.47. The summed E-state index contributed by atoms with van der Waals surface area (Å²) in [5, 5.41) is 15.0. The molecule has 1 heterocycles.